The first kappa shape index (κ1) is 23.1. The van der Waals surface area contributed by atoms with Crippen LogP contribution in [0.4, 0.5) is 11.5 Å². The van der Waals surface area contributed by atoms with Crippen molar-refractivity contribution in [1.29, 1.82) is 5.26 Å². The van der Waals surface area contributed by atoms with Crippen LogP contribution in [0.2, 0.25) is 5.02 Å². The number of pyridine rings is 3. The van der Waals surface area contributed by atoms with Crippen molar-refractivity contribution in [2.75, 3.05) is 17.7 Å². The number of nitriles is 1. The molecule has 0 aliphatic carbocycles. The van der Waals surface area contributed by atoms with Crippen molar-refractivity contribution in [1.82, 2.24) is 15.0 Å². The second-order valence-corrected chi connectivity index (χ2v) is 8.89. The Labute approximate surface area is 202 Å². The molecule has 3 aromatic heterocycles. The summed E-state index contributed by atoms with van der Waals surface area (Å²) in [4.78, 5) is 26.0. The van der Waals surface area contributed by atoms with Gasteiger partial charge < -0.3 is 10.6 Å². The summed E-state index contributed by atoms with van der Waals surface area (Å²) in [7, 11) is 1.81. The van der Waals surface area contributed by atoms with Crippen LogP contribution >= 0.6 is 11.6 Å². The number of nitrogens with one attached hydrogen (secondary N) is 2. The Bertz CT molecular complexity index is 1460. The predicted molar refractivity (Wildman–Crippen MR) is 135 cm³/mol. The molecule has 0 fully saturated rings. The lowest BCUT2D eigenvalue weighted by molar-refractivity contribution is 0.102. The van der Waals surface area contributed by atoms with E-state index in [1.165, 1.54) is 6.20 Å². The average molecular weight is 471 g/mol. The molecule has 0 saturated heterocycles. The topological polar surface area (TPSA) is 104 Å². The molecule has 2 N–H and O–H groups in total. The quantitative estimate of drug-likeness (QED) is 0.385. The number of benzene rings is 1. The van der Waals surface area contributed by atoms with Gasteiger partial charge >= 0.3 is 0 Å². The SMILES string of the molecule is CNc1cc2ncc(-c3cc(NC(=O)c4cc(C(C)(C)C#N)ccn4)cc(Cl)c3C)cc2cn1. The minimum Gasteiger partial charge on any atom is -0.373 e. The van der Waals surface area contributed by atoms with Crippen LogP contribution in [0.25, 0.3) is 22.0 Å². The maximum atomic E-state index is 12.9. The molecule has 4 aromatic rings. The smallest absolute Gasteiger partial charge is 0.274 e. The fraction of sp³-hybridized carbons (Fsp3) is 0.192. The van der Waals surface area contributed by atoms with E-state index in [1.807, 2.05) is 32.2 Å². The van der Waals surface area contributed by atoms with E-state index < -0.39 is 5.41 Å². The highest BCUT2D eigenvalue weighted by molar-refractivity contribution is 6.32. The molecule has 0 radical (unpaired) electrons. The number of amides is 1. The van der Waals surface area contributed by atoms with Gasteiger partial charge in [0.25, 0.3) is 5.91 Å². The van der Waals surface area contributed by atoms with Crippen LogP contribution in [0.15, 0.2) is 55.0 Å². The van der Waals surface area contributed by atoms with Gasteiger partial charge in [0.05, 0.1) is 17.0 Å². The number of anilines is 2. The van der Waals surface area contributed by atoms with E-state index in [-0.39, 0.29) is 11.6 Å². The van der Waals surface area contributed by atoms with Gasteiger partial charge in [0.1, 0.15) is 11.5 Å². The molecule has 0 atom stereocenters. The molecule has 4 rings (SSSR count). The second-order valence-electron chi connectivity index (χ2n) is 8.49. The van der Waals surface area contributed by atoms with E-state index in [1.54, 1.807) is 44.4 Å². The van der Waals surface area contributed by atoms with E-state index in [0.29, 0.717) is 10.7 Å². The number of carbonyl (C=O) groups excluding carboxylic acids is 1. The molecule has 3 heterocycles. The minimum absolute atomic E-state index is 0.220. The number of halogens is 1. The normalized spacial score (nSPS) is 11.2. The number of rotatable bonds is 5. The molecule has 0 bridgehead atoms. The van der Waals surface area contributed by atoms with Gasteiger partial charge in [-0.2, -0.15) is 5.26 Å². The average Bonchev–Trinajstić information content (AvgIpc) is 2.85. The summed E-state index contributed by atoms with van der Waals surface area (Å²) in [6.45, 7) is 5.51. The van der Waals surface area contributed by atoms with Gasteiger partial charge in [-0.25, -0.2) is 4.98 Å². The third-order valence-electron chi connectivity index (χ3n) is 5.73. The number of hydrogen-bond acceptors (Lipinski definition) is 6. The van der Waals surface area contributed by atoms with Crippen molar-refractivity contribution in [3.63, 3.8) is 0 Å². The maximum absolute atomic E-state index is 12.9. The lowest BCUT2D eigenvalue weighted by atomic mass is 9.86. The van der Waals surface area contributed by atoms with Gasteiger partial charge in [0, 0.05) is 53.4 Å². The van der Waals surface area contributed by atoms with Crippen molar-refractivity contribution in [3.8, 4) is 17.2 Å². The first-order valence-corrected chi connectivity index (χ1v) is 11.0. The highest BCUT2D eigenvalue weighted by atomic mass is 35.5. The van der Waals surface area contributed by atoms with Crippen LogP contribution in [0.5, 0.6) is 0 Å². The van der Waals surface area contributed by atoms with Gasteiger partial charge in [0.15, 0.2) is 0 Å². The first-order chi connectivity index (χ1) is 16.2. The van der Waals surface area contributed by atoms with Crippen molar-refractivity contribution in [3.05, 3.63) is 76.8 Å². The van der Waals surface area contributed by atoms with Gasteiger partial charge in [-0.05, 0) is 67.8 Å². The molecule has 34 heavy (non-hydrogen) atoms. The Hall–Kier alpha value is -4.02. The monoisotopic (exact) mass is 470 g/mol. The van der Waals surface area contributed by atoms with Gasteiger partial charge in [-0.1, -0.05) is 11.6 Å². The van der Waals surface area contributed by atoms with Crippen LogP contribution in [0, 0.1) is 18.3 Å². The lowest BCUT2D eigenvalue weighted by Crippen LogP contribution is -2.18. The lowest BCUT2D eigenvalue weighted by Gasteiger charge is -2.16. The second kappa shape index (κ2) is 9.08. The van der Waals surface area contributed by atoms with Crippen LogP contribution in [-0.2, 0) is 5.41 Å². The summed E-state index contributed by atoms with van der Waals surface area (Å²) < 4.78 is 0. The van der Waals surface area contributed by atoms with Crippen LogP contribution in [0.3, 0.4) is 0 Å². The summed E-state index contributed by atoms with van der Waals surface area (Å²) in [6, 6.07) is 13.1. The zero-order valence-corrected chi connectivity index (χ0v) is 20.0. The molecule has 0 aliphatic rings. The predicted octanol–water partition coefficient (Wildman–Crippen LogP) is 5.75. The van der Waals surface area contributed by atoms with Crippen LogP contribution in [0.1, 0.15) is 35.5 Å². The number of carbonyl (C=O) groups is 1. The van der Waals surface area contributed by atoms with Crippen LogP contribution in [-0.4, -0.2) is 27.9 Å². The van der Waals surface area contributed by atoms with Crippen molar-refractivity contribution >= 4 is 39.9 Å². The summed E-state index contributed by atoms with van der Waals surface area (Å²) >= 11 is 6.52. The summed E-state index contributed by atoms with van der Waals surface area (Å²) in [6.07, 6.45) is 5.08. The van der Waals surface area contributed by atoms with E-state index in [4.69, 9.17) is 11.6 Å². The first-order valence-electron chi connectivity index (χ1n) is 10.6. The van der Waals surface area contributed by atoms with E-state index in [9.17, 15) is 10.1 Å². The third kappa shape index (κ3) is 4.54. The van der Waals surface area contributed by atoms with E-state index in [0.717, 1.165) is 39.0 Å². The Morgan fingerprint density at radius 2 is 1.88 bits per heavy atom. The molecule has 0 aliphatic heterocycles. The van der Waals surface area contributed by atoms with Gasteiger partial charge in [-0.15, -0.1) is 0 Å². The minimum atomic E-state index is -0.732. The van der Waals surface area contributed by atoms with Gasteiger partial charge in [-0.3, -0.25) is 14.8 Å². The molecule has 170 valence electrons. The van der Waals surface area contributed by atoms with Gasteiger partial charge in [0.2, 0.25) is 0 Å². The highest BCUT2D eigenvalue weighted by Crippen LogP contribution is 2.33. The molecule has 0 spiro atoms. The maximum Gasteiger partial charge on any atom is 0.274 e. The molecule has 1 amide bonds. The number of hydrogen-bond donors (Lipinski definition) is 2. The highest BCUT2D eigenvalue weighted by Gasteiger charge is 2.22. The zero-order chi connectivity index (χ0) is 24.5. The van der Waals surface area contributed by atoms with E-state index in [2.05, 4.69) is 31.7 Å². The fourth-order valence-electron chi connectivity index (χ4n) is 3.56. The Kier molecular flexibility index (Phi) is 6.18. The number of aromatic nitrogens is 3. The summed E-state index contributed by atoms with van der Waals surface area (Å²) in [5, 5.41) is 16.7. The largest absolute Gasteiger partial charge is 0.373 e. The van der Waals surface area contributed by atoms with Crippen LogP contribution < -0.4 is 10.6 Å². The standard InChI is InChI=1S/C26H23ClN6O/c1-15-20(16-7-17-13-32-24(29-4)11-22(17)31-12-16)9-19(10-21(15)27)33-25(34)23-8-18(5-6-30-23)26(2,3)14-28/h5-13H,1-4H3,(H,29,32)(H,33,34). The molecule has 0 saturated carbocycles. The molecule has 1 aromatic carbocycles. The zero-order valence-electron chi connectivity index (χ0n) is 19.3. The Morgan fingerprint density at radius 3 is 2.62 bits per heavy atom. The molecule has 7 nitrogen and oxygen atoms in total. The van der Waals surface area contributed by atoms with Crippen molar-refractivity contribution < 1.29 is 4.79 Å². The summed E-state index contributed by atoms with van der Waals surface area (Å²) in [5.74, 6) is 0.356. The molecular weight excluding hydrogens is 448 g/mol. The molecule has 8 heteroatoms. The van der Waals surface area contributed by atoms with Crippen molar-refractivity contribution in [2.45, 2.75) is 26.2 Å². The summed E-state index contributed by atoms with van der Waals surface area (Å²) in [5.41, 5.74) is 4.14. The van der Waals surface area contributed by atoms with E-state index >= 15 is 0 Å². The Balaban J connectivity index is 1.68. The molecule has 0 unspecified atom stereocenters. The van der Waals surface area contributed by atoms with Crippen molar-refractivity contribution in [2.24, 2.45) is 0 Å². The fourth-order valence-corrected chi connectivity index (χ4v) is 3.78. The third-order valence-corrected chi connectivity index (χ3v) is 6.12. The number of nitrogens with zero attached hydrogens (tertiary/aromatic N) is 4. The molecular formula is C26H23ClN6O. The Morgan fingerprint density at radius 1 is 1.09 bits per heavy atom. The number of fused-ring (bicyclic) bond motifs is 1.